The first-order chi connectivity index (χ1) is 8.99. The lowest BCUT2D eigenvalue weighted by Crippen LogP contribution is -2.03. The summed E-state index contributed by atoms with van der Waals surface area (Å²) in [6.45, 7) is 0. The van der Waals surface area contributed by atoms with Crippen molar-refractivity contribution in [1.29, 1.82) is 0 Å². The summed E-state index contributed by atoms with van der Waals surface area (Å²) >= 11 is 0.397. The summed E-state index contributed by atoms with van der Waals surface area (Å²) in [4.78, 5) is 3.85. The summed E-state index contributed by atoms with van der Waals surface area (Å²) in [6.07, 6.45) is -3.06. The lowest BCUT2D eigenvalue weighted by Gasteiger charge is -1.98. The maximum atomic E-state index is 12.3. The van der Waals surface area contributed by atoms with E-state index in [9.17, 15) is 13.2 Å². The van der Waals surface area contributed by atoms with Gasteiger partial charge in [-0.2, -0.15) is 13.2 Å². The Morgan fingerprint density at radius 2 is 1.89 bits per heavy atom. The first-order valence-corrected chi connectivity index (χ1v) is 5.89. The number of hydrogen-bond acceptors (Lipinski definition) is 5. The van der Waals surface area contributed by atoms with Gasteiger partial charge in [-0.15, -0.1) is 10.2 Å². The van der Waals surface area contributed by atoms with Gasteiger partial charge in [-0.05, 0) is 29.8 Å². The van der Waals surface area contributed by atoms with Crippen molar-refractivity contribution in [2.24, 2.45) is 4.99 Å². The van der Waals surface area contributed by atoms with E-state index in [0.29, 0.717) is 17.1 Å². The molecule has 0 amide bonds. The maximum Gasteiger partial charge on any atom is 0.445 e. The second kappa shape index (κ2) is 5.35. The molecule has 1 heterocycles. The Morgan fingerprint density at radius 3 is 2.42 bits per heavy atom. The second-order valence-corrected chi connectivity index (χ2v) is 4.37. The van der Waals surface area contributed by atoms with Crippen LogP contribution in [-0.4, -0.2) is 23.5 Å². The summed E-state index contributed by atoms with van der Waals surface area (Å²) in [5, 5.41) is 5.35. The monoisotopic (exact) mass is 287 g/mol. The van der Waals surface area contributed by atoms with Gasteiger partial charge in [0.05, 0.1) is 7.11 Å². The Labute approximate surface area is 110 Å². The van der Waals surface area contributed by atoms with E-state index >= 15 is 0 Å². The molecular formula is C11H8F3N3OS. The number of aliphatic imine (C=N–C) groups is 1. The third-order valence-corrected chi connectivity index (χ3v) is 2.97. The minimum atomic E-state index is -4.48. The molecule has 0 bridgehead atoms. The van der Waals surface area contributed by atoms with Crippen molar-refractivity contribution >= 4 is 22.7 Å². The SMILES string of the molecule is COc1ccc(C=Nc2nnc(C(F)(F)F)s2)cc1. The minimum Gasteiger partial charge on any atom is -0.497 e. The molecule has 0 N–H and O–H groups in total. The molecule has 1 aromatic carbocycles. The number of hydrogen-bond donors (Lipinski definition) is 0. The zero-order valence-electron chi connectivity index (χ0n) is 9.68. The highest BCUT2D eigenvalue weighted by molar-refractivity contribution is 7.15. The third-order valence-electron chi connectivity index (χ3n) is 2.10. The van der Waals surface area contributed by atoms with Crippen LogP contribution in [0.15, 0.2) is 29.3 Å². The van der Waals surface area contributed by atoms with Crippen LogP contribution < -0.4 is 4.74 Å². The highest BCUT2D eigenvalue weighted by atomic mass is 32.1. The van der Waals surface area contributed by atoms with Crippen molar-refractivity contribution in [3.8, 4) is 5.75 Å². The minimum absolute atomic E-state index is 0.0388. The molecule has 0 spiro atoms. The summed E-state index contributed by atoms with van der Waals surface area (Å²) in [5.41, 5.74) is 0.726. The van der Waals surface area contributed by atoms with Crippen LogP contribution in [0.2, 0.25) is 0 Å². The lowest BCUT2D eigenvalue weighted by molar-refractivity contribution is -0.138. The zero-order valence-corrected chi connectivity index (χ0v) is 10.5. The van der Waals surface area contributed by atoms with E-state index in [1.807, 2.05) is 0 Å². The van der Waals surface area contributed by atoms with Crippen LogP contribution in [-0.2, 0) is 6.18 Å². The van der Waals surface area contributed by atoms with Gasteiger partial charge in [0, 0.05) is 6.21 Å². The Hall–Kier alpha value is -1.96. The smallest absolute Gasteiger partial charge is 0.445 e. The Kier molecular flexibility index (Phi) is 3.79. The van der Waals surface area contributed by atoms with Crippen LogP contribution in [0.1, 0.15) is 10.6 Å². The highest BCUT2D eigenvalue weighted by Gasteiger charge is 2.35. The zero-order chi connectivity index (χ0) is 13.9. The van der Waals surface area contributed by atoms with Gasteiger partial charge in [0.1, 0.15) is 5.75 Å². The van der Waals surface area contributed by atoms with E-state index in [-0.39, 0.29) is 5.13 Å². The predicted molar refractivity (Wildman–Crippen MR) is 65.2 cm³/mol. The fourth-order valence-electron chi connectivity index (χ4n) is 1.20. The van der Waals surface area contributed by atoms with Crippen LogP contribution in [0.5, 0.6) is 5.75 Å². The largest absolute Gasteiger partial charge is 0.497 e. The molecule has 0 saturated carbocycles. The van der Waals surface area contributed by atoms with Crippen molar-refractivity contribution in [3.63, 3.8) is 0 Å². The van der Waals surface area contributed by atoms with Gasteiger partial charge in [0.15, 0.2) is 0 Å². The Bertz CT molecular complexity index is 578. The van der Waals surface area contributed by atoms with Crippen LogP contribution in [0.3, 0.4) is 0 Å². The van der Waals surface area contributed by atoms with Crippen molar-refractivity contribution in [2.75, 3.05) is 7.11 Å². The number of aromatic nitrogens is 2. The first kappa shape index (κ1) is 13.5. The van der Waals surface area contributed by atoms with Crippen LogP contribution in [0.25, 0.3) is 0 Å². The molecule has 0 atom stereocenters. The third kappa shape index (κ3) is 3.50. The molecule has 0 unspecified atom stereocenters. The predicted octanol–water partition coefficient (Wildman–Crippen LogP) is 3.32. The number of rotatable bonds is 3. The Morgan fingerprint density at radius 1 is 1.21 bits per heavy atom. The van der Waals surface area contributed by atoms with Crippen molar-refractivity contribution in [2.45, 2.75) is 6.18 Å². The molecule has 4 nitrogen and oxygen atoms in total. The molecule has 2 rings (SSSR count). The van der Waals surface area contributed by atoms with Crippen molar-refractivity contribution in [1.82, 2.24) is 10.2 Å². The van der Waals surface area contributed by atoms with Gasteiger partial charge < -0.3 is 4.74 Å². The van der Waals surface area contributed by atoms with Crippen LogP contribution in [0.4, 0.5) is 18.3 Å². The van der Waals surface area contributed by atoms with Gasteiger partial charge in [-0.3, -0.25) is 0 Å². The Balaban J connectivity index is 2.11. The van der Waals surface area contributed by atoms with Gasteiger partial charge in [-0.1, -0.05) is 11.3 Å². The second-order valence-electron chi connectivity index (χ2n) is 3.42. The van der Waals surface area contributed by atoms with E-state index in [4.69, 9.17) is 4.74 Å². The normalized spacial score (nSPS) is 12.0. The van der Waals surface area contributed by atoms with Crippen LogP contribution >= 0.6 is 11.3 Å². The number of nitrogens with zero attached hydrogens (tertiary/aromatic N) is 3. The van der Waals surface area contributed by atoms with E-state index in [0.717, 1.165) is 5.56 Å². The summed E-state index contributed by atoms with van der Waals surface area (Å²) in [6, 6.07) is 6.91. The average molecular weight is 287 g/mol. The van der Waals surface area contributed by atoms with Crippen molar-refractivity contribution in [3.05, 3.63) is 34.8 Å². The molecule has 0 radical (unpaired) electrons. The van der Waals surface area contributed by atoms with E-state index in [1.165, 1.54) is 6.21 Å². The maximum absolute atomic E-state index is 12.3. The fraction of sp³-hybridized carbons (Fsp3) is 0.182. The van der Waals surface area contributed by atoms with Crippen molar-refractivity contribution < 1.29 is 17.9 Å². The topological polar surface area (TPSA) is 47.4 Å². The number of halogens is 3. The first-order valence-electron chi connectivity index (χ1n) is 5.08. The summed E-state index contributed by atoms with van der Waals surface area (Å²) < 4.78 is 41.9. The summed E-state index contributed by atoms with van der Waals surface area (Å²) in [5.74, 6) is 0.687. The molecule has 0 aliphatic heterocycles. The molecular weight excluding hydrogens is 279 g/mol. The molecule has 1 aromatic heterocycles. The average Bonchev–Trinajstić information content (AvgIpc) is 2.86. The molecule has 100 valence electrons. The van der Waals surface area contributed by atoms with Gasteiger partial charge in [0.25, 0.3) is 0 Å². The van der Waals surface area contributed by atoms with Gasteiger partial charge in [0.2, 0.25) is 10.1 Å². The number of benzene rings is 1. The molecule has 2 aromatic rings. The molecule has 0 saturated heterocycles. The van der Waals surface area contributed by atoms with E-state index in [2.05, 4.69) is 15.2 Å². The highest BCUT2D eigenvalue weighted by Crippen LogP contribution is 2.33. The lowest BCUT2D eigenvalue weighted by atomic mass is 10.2. The fourth-order valence-corrected chi connectivity index (χ4v) is 1.76. The quantitative estimate of drug-likeness (QED) is 0.814. The number of alkyl halides is 3. The van der Waals surface area contributed by atoms with Gasteiger partial charge in [-0.25, -0.2) is 4.99 Å². The molecule has 8 heteroatoms. The number of methoxy groups -OCH3 is 1. The number of ether oxygens (including phenoxy) is 1. The summed E-state index contributed by atoms with van der Waals surface area (Å²) in [7, 11) is 1.54. The van der Waals surface area contributed by atoms with E-state index < -0.39 is 11.2 Å². The van der Waals surface area contributed by atoms with Crippen LogP contribution in [0, 0.1) is 0 Å². The molecule has 0 aliphatic rings. The van der Waals surface area contributed by atoms with Gasteiger partial charge >= 0.3 is 6.18 Å². The standard InChI is InChI=1S/C11H8F3N3OS/c1-18-8-4-2-7(3-5-8)6-15-10-17-16-9(19-10)11(12,13)14/h2-6H,1H3. The molecule has 0 fully saturated rings. The van der Waals surface area contributed by atoms with E-state index in [1.54, 1.807) is 31.4 Å². The molecule has 19 heavy (non-hydrogen) atoms. The molecule has 0 aliphatic carbocycles.